The standard InChI is InChI=1S/C13H22N2O/c1-9(2)6-13(16)15-7-10-4-3-5-12(14)11(10)8-15/h6,10-12H,3-5,7-8,14H2,1-2H3. The van der Waals surface area contributed by atoms with Crippen molar-refractivity contribution >= 4 is 5.91 Å². The fraction of sp³-hybridized carbons (Fsp3) is 0.769. The average Bonchev–Trinajstić information content (AvgIpc) is 2.61. The van der Waals surface area contributed by atoms with Gasteiger partial charge in [-0.15, -0.1) is 0 Å². The van der Waals surface area contributed by atoms with Crippen LogP contribution in [0.4, 0.5) is 0 Å². The smallest absolute Gasteiger partial charge is 0.246 e. The molecule has 3 unspecified atom stereocenters. The molecule has 2 fully saturated rings. The molecule has 0 radical (unpaired) electrons. The average molecular weight is 222 g/mol. The first-order valence-corrected chi connectivity index (χ1v) is 6.27. The molecule has 2 rings (SSSR count). The van der Waals surface area contributed by atoms with Gasteiger partial charge < -0.3 is 10.6 Å². The second-order valence-electron chi connectivity index (χ2n) is 5.48. The molecule has 90 valence electrons. The summed E-state index contributed by atoms with van der Waals surface area (Å²) in [6.45, 7) is 5.72. The van der Waals surface area contributed by atoms with Gasteiger partial charge in [-0.05, 0) is 38.5 Å². The molecule has 3 nitrogen and oxygen atoms in total. The van der Waals surface area contributed by atoms with Gasteiger partial charge in [-0.1, -0.05) is 12.0 Å². The molecule has 1 heterocycles. The van der Waals surface area contributed by atoms with Crippen LogP contribution in [0.15, 0.2) is 11.6 Å². The van der Waals surface area contributed by atoms with E-state index in [-0.39, 0.29) is 5.91 Å². The second-order valence-corrected chi connectivity index (χ2v) is 5.48. The first kappa shape index (κ1) is 11.6. The van der Waals surface area contributed by atoms with Crippen molar-refractivity contribution in [3.8, 4) is 0 Å². The number of nitrogens with two attached hydrogens (primary N) is 1. The molecule has 0 spiro atoms. The number of hydrogen-bond acceptors (Lipinski definition) is 2. The van der Waals surface area contributed by atoms with E-state index >= 15 is 0 Å². The minimum atomic E-state index is 0.168. The number of rotatable bonds is 1. The van der Waals surface area contributed by atoms with Crippen molar-refractivity contribution in [1.82, 2.24) is 4.90 Å². The number of fused-ring (bicyclic) bond motifs is 1. The molecule has 0 aromatic rings. The van der Waals surface area contributed by atoms with Gasteiger partial charge in [0.1, 0.15) is 0 Å². The maximum atomic E-state index is 11.9. The number of hydrogen-bond donors (Lipinski definition) is 1. The van der Waals surface area contributed by atoms with Gasteiger partial charge in [0, 0.05) is 25.2 Å². The van der Waals surface area contributed by atoms with Crippen LogP contribution in [-0.2, 0) is 4.79 Å². The topological polar surface area (TPSA) is 46.3 Å². The van der Waals surface area contributed by atoms with Crippen LogP contribution < -0.4 is 5.73 Å². The van der Waals surface area contributed by atoms with E-state index in [1.807, 2.05) is 18.7 Å². The number of carbonyl (C=O) groups excluding carboxylic acids is 1. The maximum absolute atomic E-state index is 11.9. The highest BCUT2D eigenvalue weighted by Crippen LogP contribution is 2.35. The van der Waals surface area contributed by atoms with Crippen LogP contribution in [0.3, 0.4) is 0 Å². The Morgan fingerprint density at radius 3 is 2.69 bits per heavy atom. The summed E-state index contributed by atoms with van der Waals surface area (Å²) in [4.78, 5) is 13.9. The Kier molecular flexibility index (Phi) is 3.33. The Hall–Kier alpha value is -0.830. The molecule has 1 saturated carbocycles. The van der Waals surface area contributed by atoms with E-state index in [4.69, 9.17) is 5.73 Å². The maximum Gasteiger partial charge on any atom is 0.246 e. The molecule has 1 aliphatic heterocycles. The summed E-state index contributed by atoms with van der Waals surface area (Å²) in [6, 6.07) is 0.309. The van der Waals surface area contributed by atoms with Gasteiger partial charge in [0.05, 0.1) is 0 Å². The molecular formula is C13H22N2O. The van der Waals surface area contributed by atoms with E-state index in [0.29, 0.717) is 17.9 Å². The molecule has 2 N–H and O–H groups in total. The molecule has 0 aromatic heterocycles. The summed E-state index contributed by atoms with van der Waals surface area (Å²) in [6.07, 6.45) is 5.35. The van der Waals surface area contributed by atoms with Crippen molar-refractivity contribution in [3.63, 3.8) is 0 Å². The molecule has 2 aliphatic rings. The van der Waals surface area contributed by atoms with Crippen LogP contribution in [0.5, 0.6) is 0 Å². The zero-order valence-corrected chi connectivity index (χ0v) is 10.3. The molecule has 0 bridgehead atoms. The van der Waals surface area contributed by atoms with Gasteiger partial charge in [-0.3, -0.25) is 4.79 Å². The van der Waals surface area contributed by atoms with E-state index in [2.05, 4.69) is 0 Å². The summed E-state index contributed by atoms with van der Waals surface area (Å²) >= 11 is 0. The van der Waals surface area contributed by atoms with Crippen LogP contribution in [0.25, 0.3) is 0 Å². The van der Waals surface area contributed by atoms with Crippen molar-refractivity contribution in [3.05, 3.63) is 11.6 Å². The lowest BCUT2D eigenvalue weighted by Gasteiger charge is -2.29. The number of likely N-dealkylation sites (tertiary alicyclic amines) is 1. The number of amides is 1. The van der Waals surface area contributed by atoms with Gasteiger partial charge in [0.2, 0.25) is 5.91 Å². The van der Waals surface area contributed by atoms with E-state index in [9.17, 15) is 4.79 Å². The minimum absolute atomic E-state index is 0.168. The van der Waals surface area contributed by atoms with Gasteiger partial charge in [-0.2, -0.15) is 0 Å². The van der Waals surface area contributed by atoms with E-state index < -0.39 is 0 Å². The summed E-state index contributed by atoms with van der Waals surface area (Å²) in [5.41, 5.74) is 7.20. The number of nitrogens with zero attached hydrogens (tertiary/aromatic N) is 1. The zero-order chi connectivity index (χ0) is 11.7. The monoisotopic (exact) mass is 222 g/mol. The van der Waals surface area contributed by atoms with Gasteiger partial charge >= 0.3 is 0 Å². The fourth-order valence-electron chi connectivity index (χ4n) is 3.03. The molecule has 1 aliphatic carbocycles. The van der Waals surface area contributed by atoms with Gasteiger partial charge in [0.25, 0.3) is 0 Å². The van der Waals surface area contributed by atoms with Crippen molar-refractivity contribution in [2.45, 2.75) is 39.2 Å². The second kappa shape index (κ2) is 4.58. The highest BCUT2D eigenvalue weighted by molar-refractivity contribution is 5.88. The van der Waals surface area contributed by atoms with Crippen molar-refractivity contribution in [2.75, 3.05) is 13.1 Å². The minimum Gasteiger partial charge on any atom is -0.339 e. The highest BCUT2D eigenvalue weighted by atomic mass is 16.2. The summed E-state index contributed by atoms with van der Waals surface area (Å²) in [7, 11) is 0. The Morgan fingerprint density at radius 1 is 1.31 bits per heavy atom. The van der Waals surface area contributed by atoms with Crippen molar-refractivity contribution < 1.29 is 4.79 Å². The predicted molar refractivity (Wildman–Crippen MR) is 64.8 cm³/mol. The number of allylic oxidation sites excluding steroid dienone is 1. The Labute approximate surface area is 97.7 Å². The van der Waals surface area contributed by atoms with Crippen LogP contribution in [0, 0.1) is 11.8 Å². The van der Waals surface area contributed by atoms with E-state index in [1.165, 1.54) is 12.8 Å². The Bertz CT molecular complexity index is 307. The SMILES string of the molecule is CC(C)=CC(=O)N1CC2CCCC(N)C2C1. The van der Waals surface area contributed by atoms with Crippen LogP contribution in [-0.4, -0.2) is 29.9 Å². The summed E-state index contributed by atoms with van der Waals surface area (Å²) in [5, 5.41) is 0. The molecule has 3 atom stereocenters. The van der Waals surface area contributed by atoms with Crippen LogP contribution in [0.2, 0.25) is 0 Å². The number of carbonyl (C=O) groups is 1. The van der Waals surface area contributed by atoms with E-state index in [0.717, 1.165) is 25.1 Å². The molecular weight excluding hydrogens is 200 g/mol. The molecule has 0 aromatic carbocycles. The Morgan fingerprint density at radius 2 is 2.06 bits per heavy atom. The lowest BCUT2D eigenvalue weighted by atomic mass is 9.78. The van der Waals surface area contributed by atoms with Crippen molar-refractivity contribution in [1.29, 1.82) is 0 Å². The zero-order valence-electron chi connectivity index (χ0n) is 10.3. The van der Waals surface area contributed by atoms with Crippen LogP contribution >= 0.6 is 0 Å². The summed E-state index contributed by atoms with van der Waals surface area (Å²) < 4.78 is 0. The molecule has 1 amide bonds. The third-order valence-corrected chi connectivity index (χ3v) is 3.88. The first-order valence-electron chi connectivity index (χ1n) is 6.27. The van der Waals surface area contributed by atoms with Gasteiger partial charge in [0.15, 0.2) is 0 Å². The quantitative estimate of drug-likeness (QED) is 0.684. The Balaban J connectivity index is 2.01. The molecule has 16 heavy (non-hydrogen) atoms. The lowest BCUT2D eigenvalue weighted by molar-refractivity contribution is -0.125. The third-order valence-electron chi connectivity index (χ3n) is 3.88. The normalized spacial score (nSPS) is 33.4. The third kappa shape index (κ3) is 2.29. The van der Waals surface area contributed by atoms with Gasteiger partial charge in [-0.25, -0.2) is 0 Å². The van der Waals surface area contributed by atoms with Crippen LogP contribution in [0.1, 0.15) is 33.1 Å². The predicted octanol–water partition coefficient (Wildman–Crippen LogP) is 1.54. The summed E-state index contributed by atoms with van der Waals surface area (Å²) in [5.74, 6) is 1.36. The van der Waals surface area contributed by atoms with Crippen molar-refractivity contribution in [2.24, 2.45) is 17.6 Å². The van der Waals surface area contributed by atoms with E-state index in [1.54, 1.807) is 6.08 Å². The fourth-order valence-corrected chi connectivity index (χ4v) is 3.03. The lowest BCUT2D eigenvalue weighted by Crippen LogP contribution is -2.38. The molecule has 3 heteroatoms. The molecule has 1 saturated heterocycles. The first-order chi connectivity index (χ1) is 7.58. The largest absolute Gasteiger partial charge is 0.339 e. The highest BCUT2D eigenvalue weighted by Gasteiger charge is 2.39.